The Morgan fingerprint density at radius 1 is 0.909 bits per heavy atom. The molecule has 0 amide bonds. The zero-order valence-electron chi connectivity index (χ0n) is 12.0. The van der Waals surface area contributed by atoms with Crippen LogP contribution in [-0.2, 0) is 12.0 Å². The van der Waals surface area contributed by atoms with E-state index >= 15 is 0 Å². The molecule has 1 spiro atoms. The molecule has 3 aromatic rings. The van der Waals surface area contributed by atoms with E-state index in [0.29, 0.717) is 0 Å². The molecule has 0 saturated carbocycles. The predicted octanol–water partition coefficient (Wildman–Crippen LogP) is 4.61. The molecule has 106 valence electrons. The molecule has 1 N–H and O–H groups in total. The van der Waals surface area contributed by atoms with E-state index < -0.39 is 0 Å². The number of nitrogens with one attached hydrogen (secondary N) is 1. The van der Waals surface area contributed by atoms with Gasteiger partial charge in [-0.05, 0) is 34.5 Å². The Labute approximate surface area is 129 Å². The van der Waals surface area contributed by atoms with Crippen LogP contribution in [0.1, 0.15) is 11.1 Å². The summed E-state index contributed by atoms with van der Waals surface area (Å²) in [5, 5.41) is 6.23. The molecule has 0 fully saturated rings. The summed E-state index contributed by atoms with van der Waals surface area (Å²) in [6.45, 7) is 0. The Hall–Kier alpha value is -2.74. The number of hydrogen-bond donors (Lipinski definition) is 1. The lowest BCUT2D eigenvalue weighted by molar-refractivity contribution is 0.430. The van der Waals surface area contributed by atoms with Crippen molar-refractivity contribution in [3.63, 3.8) is 0 Å². The third-order valence-electron chi connectivity index (χ3n) is 4.73. The van der Waals surface area contributed by atoms with Crippen LogP contribution >= 0.6 is 0 Å². The van der Waals surface area contributed by atoms with Crippen molar-refractivity contribution in [1.29, 1.82) is 0 Å². The summed E-state index contributed by atoms with van der Waals surface area (Å²) in [7, 11) is 0. The first-order chi connectivity index (χ1) is 10.9. The minimum absolute atomic E-state index is 0.210. The summed E-state index contributed by atoms with van der Waals surface area (Å²) in [5.41, 5.74) is 3.60. The van der Waals surface area contributed by atoms with Crippen LogP contribution in [0.3, 0.4) is 0 Å². The van der Waals surface area contributed by atoms with Gasteiger partial charge in [-0.25, -0.2) is 0 Å². The lowest BCUT2D eigenvalue weighted by Gasteiger charge is -2.33. The van der Waals surface area contributed by atoms with Gasteiger partial charge in [-0.1, -0.05) is 48.5 Å². The number of anilines is 1. The molecule has 2 heteroatoms. The Bertz CT molecular complexity index is 901. The summed E-state index contributed by atoms with van der Waals surface area (Å²) in [6, 6.07) is 21.3. The zero-order valence-corrected chi connectivity index (χ0v) is 12.0. The second-order valence-electron chi connectivity index (χ2n) is 6.01. The average molecular weight is 285 g/mol. The average Bonchev–Trinajstić information content (AvgIpc) is 2.93. The van der Waals surface area contributed by atoms with Crippen LogP contribution in [0.25, 0.3) is 10.8 Å². The zero-order chi connectivity index (χ0) is 14.6. The minimum Gasteiger partial charge on any atom is -0.465 e. The van der Waals surface area contributed by atoms with Crippen molar-refractivity contribution in [2.24, 2.45) is 0 Å². The number of fused-ring (bicyclic) bond motifs is 5. The maximum atomic E-state index is 5.80. The van der Waals surface area contributed by atoms with Crippen LogP contribution in [0.2, 0.25) is 0 Å². The smallest absolute Gasteiger partial charge is 0.133 e. The fraction of sp³-hybridized carbons (Fsp3) is 0.100. The van der Waals surface area contributed by atoms with E-state index in [1.54, 1.807) is 0 Å². The number of ether oxygens (including phenoxy) is 1. The third kappa shape index (κ3) is 1.49. The number of hydrogen-bond acceptors (Lipinski definition) is 2. The first-order valence-electron chi connectivity index (χ1n) is 7.58. The lowest BCUT2D eigenvalue weighted by atomic mass is 9.82. The summed E-state index contributed by atoms with van der Waals surface area (Å²) >= 11 is 0. The number of para-hydroxylation sites is 1. The van der Waals surface area contributed by atoms with E-state index in [2.05, 4.69) is 72.1 Å². The van der Waals surface area contributed by atoms with Crippen molar-refractivity contribution in [3.8, 4) is 5.75 Å². The number of benzene rings is 3. The van der Waals surface area contributed by atoms with Gasteiger partial charge in [-0.2, -0.15) is 0 Å². The molecular formula is C20H15NO. The molecule has 0 radical (unpaired) electrons. The van der Waals surface area contributed by atoms with Crippen LogP contribution in [0.5, 0.6) is 5.75 Å². The maximum absolute atomic E-state index is 5.80. The Kier molecular flexibility index (Phi) is 2.23. The van der Waals surface area contributed by atoms with E-state index in [-0.39, 0.29) is 5.54 Å². The molecule has 2 aliphatic rings. The highest BCUT2D eigenvalue weighted by molar-refractivity contribution is 5.90. The highest BCUT2D eigenvalue weighted by Crippen LogP contribution is 2.48. The van der Waals surface area contributed by atoms with Crippen LogP contribution < -0.4 is 10.1 Å². The van der Waals surface area contributed by atoms with Gasteiger partial charge >= 0.3 is 0 Å². The van der Waals surface area contributed by atoms with Crippen LogP contribution in [0.15, 0.2) is 73.0 Å². The van der Waals surface area contributed by atoms with E-state index in [1.807, 2.05) is 6.26 Å². The van der Waals surface area contributed by atoms with Crippen molar-refractivity contribution in [2.75, 3.05) is 5.32 Å². The molecule has 2 heterocycles. The van der Waals surface area contributed by atoms with E-state index in [9.17, 15) is 0 Å². The summed E-state index contributed by atoms with van der Waals surface area (Å²) < 4.78 is 5.80. The van der Waals surface area contributed by atoms with E-state index in [1.165, 1.54) is 27.6 Å². The highest BCUT2D eigenvalue weighted by atomic mass is 16.5. The molecule has 3 aromatic carbocycles. The summed E-state index contributed by atoms with van der Waals surface area (Å²) in [5.74, 6) is 0.946. The van der Waals surface area contributed by atoms with E-state index in [4.69, 9.17) is 4.74 Å². The summed E-state index contributed by atoms with van der Waals surface area (Å²) in [6.07, 6.45) is 4.92. The first kappa shape index (κ1) is 11.9. The van der Waals surface area contributed by atoms with Crippen molar-refractivity contribution in [1.82, 2.24) is 0 Å². The summed E-state index contributed by atoms with van der Waals surface area (Å²) in [4.78, 5) is 0. The van der Waals surface area contributed by atoms with Gasteiger partial charge in [0.1, 0.15) is 5.75 Å². The fourth-order valence-corrected chi connectivity index (χ4v) is 3.75. The first-order valence-corrected chi connectivity index (χ1v) is 7.58. The monoisotopic (exact) mass is 285 g/mol. The molecular weight excluding hydrogens is 270 g/mol. The Morgan fingerprint density at radius 2 is 1.77 bits per heavy atom. The van der Waals surface area contributed by atoms with Crippen LogP contribution in [0.4, 0.5) is 5.69 Å². The molecule has 2 nitrogen and oxygen atoms in total. The Balaban J connectivity index is 1.80. The van der Waals surface area contributed by atoms with Gasteiger partial charge in [0.25, 0.3) is 0 Å². The van der Waals surface area contributed by atoms with Crippen molar-refractivity contribution in [3.05, 3.63) is 84.1 Å². The van der Waals surface area contributed by atoms with Gasteiger partial charge < -0.3 is 10.1 Å². The molecule has 0 saturated heterocycles. The fourth-order valence-electron chi connectivity index (χ4n) is 3.75. The second kappa shape index (κ2) is 4.14. The molecule has 0 aliphatic carbocycles. The SMILES string of the molecule is C1=CC2(Cc3ccccc3N2)c2c(ccc3ccccc23)O1. The second-order valence-corrected chi connectivity index (χ2v) is 6.01. The normalized spacial score (nSPS) is 21.3. The quantitative estimate of drug-likeness (QED) is 0.651. The van der Waals surface area contributed by atoms with Gasteiger partial charge in [-0.3, -0.25) is 0 Å². The molecule has 1 unspecified atom stereocenters. The van der Waals surface area contributed by atoms with Gasteiger partial charge in [-0.15, -0.1) is 0 Å². The molecule has 22 heavy (non-hydrogen) atoms. The minimum atomic E-state index is -0.210. The van der Waals surface area contributed by atoms with Crippen molar-refractivity contribution < 1.29 is 4.74 Å². The molecule has 0 aromatic heterocycles. The van der Waals surface area contributed by atoms with Gasteiger partial charge in [0.05, 0.1) is 11.8 Å². The molecule has 1 atom stereocenters. The largest absolute Gasteiger partial charge is 0.465 e. The van der Waals surface area contributed by atoms with Gasteiger partial charge in [0.15, 0.2) is 0 Å². The standard InChI is InChI=1S/C20H15NO/c1-3-7-16-14(5-1)9-10-18-19(16)20(11-12-22-18)13-15-6-2-4-8-17(15)21-20/h1-12,21H,13H2. The van der Waals surface area contributed by atoms with E-state index in [0.717, 1.165) is 12.2 Å². The predicted molar refractivity (Wildman–Crippen MR) is 89.2 cm³/mol. The van der Waals surface area contributed by atoms with Crippen LogP contribution in [0, 0.1) is 0 Å². The van der Waals surface area contributed by atoms with Crippen LogP contribution in [-0.4, -0.2) is 0 Å². The molecule has 2 aliphatic heterocycles. The number of rotatable bonds is 0. The van der Waals surface area contributed by atoms with Crippen molar-refractivity contribution in [2.45, 2.75) is 12.0 Å². The van der Waals surface area contributed by atoms with Gasteiger partial charge in [0.2, 0.25) is 0 Å². The van der Waals surface area contributed by atoms with Crippen molar-refractivity contribution >= 4 is 16.5 Å². The lowest BCUT2D eigenvalue weighted by Crippen LogP contribution is -2.33. The Morgan fingerprint density at radius 3 is 2.73 bits per heavy atom. The topological polar surface area (TPSA) is 21.3 Å². The van der Waals surface area contributed by atoms with Gasteiger partial charge in [0, 0.05) is 17.7 Å². The third-order valence-corrected chi connectivity index (χ3v) is 4.73. The molecule has 5 rings (SSSR count). The highest BCUT2D eigenvalue weighted by Gasteiger charge is 2.41. The maximum Gasteiger partial charge on any atom is 0.133 e. The molecule has 0 bridgehead atoms.